The largest absolute Gasteiger partial charge is 0.469 e. The molecule has 29 heavy (non-hydrogen) atoms. The summed E-state index contributed by atoms with van der Waals surface area (Å²) in [6.45, 7) is 0. The monoisotopic (exact) mass is 439 g/mol. The Balaban J connectivity index is 0.000000477. The standard InChI is InChI=1S/2C10H12O3.H3NP2/c2*1-13-10(12)7-4-8-2-5-9(11)6-3-8;2-1-3/h2*2-3,5H,4,6-7H2,1H3;2H,3H2. The van der Waals surface area contributed by atoms with E-state index in [9.17, 15) is 19.2 Å². The van der Waals surface area contributed by atoms with Crippen molar-refractivity contribution in [2.75, 3.05) is 14.2 Å². The number of rotatable bonds is 6. The fourth-order valence-corrected chi connectivity index (χ4v) is 2.20. The molecular weight excluding hydrogens is 412 g/mol. The van der Waals surface area contributed by atoms with Gasteiger partial charge in [-0.1, -0.05) is 35.5 Å². The summed E-state index contributed by atoms with van der Waals surface area (Å²) in [6.07, 6.45) is 13.3. The van der Waals surface area contributed by atoms with Crippen LogP contribution in [0.2, 0.25) is 0 Å². The lowest BCUT2D eigenvalue weighted by Gasteiger charge is -2.04. The summed E-state index contributed by atoms with van der Waals surface area (Å²) >= 11 is 0. The molecule has 158 valence electrons. The van der Waals surface area contributed by atoms with Crippen molar-refractivity contribution >= 4 is 41.9 Å². The van der Waals surface area contributed by atoms with E-state index < -0.39 is 0 Å². The maximum Gasteiger partial charge on any atom is 0.305 e. The fraction of sp³-hybridized carbons (Fsp3) is 0.400. The summed E-state index contributed by atoms with van der Waals surface area (Å²) in [7, 11) is 7.63. The van der Waals surface area contributed by atoms with Crippen molar-refractivity contribution in [3.05, 3.63) is 47.6 Å². The second-order valence-electron chi connectivity index (χ2n) is 5.85. The van der Waals surface area contributed by atoms with Crippen molar-refractivity contribution in [2.45, 2.75) is 38.5 Å². The summed E-state index contributed by atoms with van der Waals surface area (Å²) in [5.41, 5.74) is 2.06. The molecule has 2 aliphatic carbocycles. The van der Waals surface area contributed by atoms with Crippen molar-refractivity contribution in [1.29, 1.82) is 0 Å². The molecule has 0 aromatic rings. The lowest BCUT2D eigenvalue weighted by Crippen LogP contribution is -2.02. The zero-order valence-corrected chi connectivity index (χ0v) is 18.8. The van der Waals surface area contributed by atoms with Crippen molar-refractivity contribution < 1.29 is 28.7 Å². The van der Waals surface area contributed by atoms with Gasteiger partial charge >= 0.3 is 11.9 Å². The molecule has 0 amide bonds. The summed E-state index contributed by atoms with van der Waals surface area (Å²) in [6, 6.07) is 0. The third-order valence-electron chi connectivity index (χ3n) is 3.79. The van der Waals surface area contributed by atoms with E-state index in [0.717, 1.165) is 11.1 Å². The highest BCUT2D eigenvalue weighted by atomic mass is 31.1. The first-order chi connectivity index (χ1) is 13.9. The first-order valence-electron chi connectivity index (χ1n) is 8.86. The maximum atomic E-state index is 10.8. The molecule has 0 N–H and O–H groups in total. The minimum Gasteiger partial charge on any atom is -0.469 e. The molecule has 1 unspecified atom stereocenters. The molecule has 0 bridgehead atoms. The maximum absolute atomic E-state index is 10.8. The lowest BCUT2D eigenvalue weighted by molar-refractivity contribution is -0.141. The number of carbonyl (C=O) groups excluding carboxylic acids is 4. The number of hydrogen-bond acceptors (Lipinski definition) is 7. The molecule has 7 nitrogen and oxygen atoms in total. The Morgan fingerprint density at radius 2 is 1.24 bits per heavy atom. The van der Waals surface area contributed by atoms with Crippen LogP contribution >= 0.6 is 18.4 Å². The number of carbonyl (C=O) groups is 4. The Bertz CT molecular complexity index is 664. The predicted molar refractivity (Wildman–Crippen MR) is 117 cm³/mol. The molecular formula is C20H27NO6P2. The minimum absolute atomic E-state index is 0.113. The van der Waals surface area contributed by atoms with Gasteiger partial charge in [-0.2, -0.15) is 0 Å². The van der Waals surface area contributed by atoms with Crippen molar-refractivity contribution in [3.8, 4) is 0 Å². The Labute approximate surface area is 175 Å². The van der Waals surface area contributed by atoms with Gasteiger partial charge in [0.05, 0.1) is 14.2 Å². The third kappa shape index (κ3) is 14.4. The van der Waals surface area contributed by atoms with E-state index >= 15 is 0 Å². The number of methoxy groups -OCH3 is 2. The molecule has 0 spiro atoms. The molecule has 0 aromatic heterocycles. The van der Waals surface area contributed by atoms with Gasteiger partial charge in [0.25, 0.3) is 0 Å². The molecule has 9 heteroatoms. The fourth-order valence-electron chi connectivity index (χ4n) is 2.20. The van der Waals surface area contributed by atoms with Crippen LogP contribution < -0.4 is 0 Å². The van der Waals surface area contributed by atoms with E-state index in [-0.39, 0.29) is 23.5 Å². The van der Waals surface area contributed by atoms with Gasteiger partial charge in [0.1, 0.15) is 0 Å². The highest BCUT2D eigenvalue weighted by molar-refractivity contribution is 7.23. The van der Waals surface area contributed by atoms with E-state index in [0.29, 0.717) is 38.5 Å². The number of ketones is 2. The van der Waals surface area contributed by atoms with E-state index in [2.05, 4.69) is 32.4 Å². The number of hydrogen-bond donors (Lipinski definition) is 0. The third-order valence-corrected chi connectivity index (χ3v) is 3.79. The van der Waals surface area contributed by atoms with E-state index in [1.807, 2.05) is 12.2 Å². The van der Waals surface area contributed by atoms with Crippen LogP contribution in [-0.4, -0.2) is 37.7 Å². The number of nitrogens with zero attached hydrogens (tertiary/aromatic N) is 1. The van der Waals surface area contributed by atoms with Crippen LogP contribution in [0, 0.1) is 0 Å². The molecule has 0 saturated carbocycles. The predicted octanol–water partition coefficient (Wildman–Crippen LogP) is 3.89. The van der Waals surface area contributed by atoms with Gasteiger partial charge in [-0.25, -0.2) is 0 Å². The zero-order chi connectivity index (χ0) is 22.1. The van der Waals surface area contributed by atoms with Gasteiger partial charge in [-0.15, -0.1) is 0 Å². The molecule has 0 fully saturated rings. The van der Waals surface area contributed by atoms with Crippen LogP contribution in [0.15, 0.2) is 52.1 Å². The van der Waals surface area contributed by atoms with Gasteiger partial charge < -0.3 is 9.47 Å². The Kier molecular flexibility index (Phi) is 15.4. The number of allylic oxidation sites excluding steroid dienone is 8. The SMILES string of the molecule is COC(=O)CCC1=CCC(=O)C=C1.COC(=O)CCC1=CCC(=O)C=C1.P=NP. The van der Waals surface area contributed by atoms with Crippen molar-refractivity contribution in [1.82, 2.24) is 0 Å². The second kappa shape index (κ2) is 16.7. The topological polar surface area (TPSA) is 99.1 Å². The van der Waals surface area contributed by atoms with E-state index in [1.54, 1.807) is 24.3 Å². The highest BCUT2D eigenvalue weighted by Crippen LogP contribution is 2.14. The first-order valence-corrected chi connectivity index (χ1v) is 9.82. The van der Waals surface area contributed by atoms with Gasteiger partial charge in [0.15, 0.2) is 11.6 Å². The number of esters is 2. The first kappa shape index (κ1) is 26.8. The van der Waals surface area contributed by atoms with Gasteiger partial charge in [0.2, 0.25) is 0 Å². The van der Waals surface area contributed by atoms with Crippen LogP contribution in [-0.2, 0) is 28.7 Å². The quantitative estimate of drug-likeness (QED) is 0.460. The van der Waals surface area contributed by atoms with Gasteiger partial charge in [-0.05, 0) is 43.4 Å². The molecule has 0 saturated heterocycles. The van der Waals surface area contributed by atoms with Crippen LogP contribution in [0.4, 0.5) is 0 Å². The minimum atomic E-state index is -0.216. The summed E-state index contributed by atoms with van der Waals surface area (Å²) < 4.78 is 12.2. The Morgan fingerprint density at radius 1 is 0.897 bits per heavy atom. The normalized spacial score (nSPS) is 14.3. The van der Waals surface area contributed by atoms with Crippen LogP contribution in [0.1, 0.15) is 38.5 Å². The van der Waals surface area contributed by atoms with Crippen molar-refractivity contribution in [2.24, 2.45) is 4.52 Å². The van der Waals surface area contributed by atoms with Gasteiger partial charge in [0, 0.05) is 25.7 Å². The molecule has 1 atom stereocenters. The van der Waals surface area contributed by atoms with Crippen LogP contribution in [0.25, 0.3) is 0 Å². The molecule has 0 aliphatic heterocycles. The average molecular weight is 439 g/mol. The Hall–Kier alpha value is -2.23. The summed E-state index contributed by atoms with van der Waals surface area (Å²) in [4.78, 5) is 43.1. The van der Waals surface area contributed by atoms with Crippen LogP contribution in [0.5, 0.6) is 0 Å². The molecule has 0 aromatic carbocycles. The van der Waals surface area contributed by atoms with Crippen LogP contribution in [0.3, 0.4) is 0 Å². The smallest absolute Gasteiger partial charge is 0.305 e. The van der Waals surface area contributed by atoms with Crippen molar-refractivity contribution in [3.63, 3.8) is 0 Å². The second-order valence-corrected chi connectivity index (χ2v) is 6.88. The van der Waals surface area contributed by atoms with Gasteiger partial charge in [-0.3, -0.25) is 23.7 Å². The molecule has 0 heterocycles. The lowest BCUT2D eigenvalue weighted by atomic mass is 10.0. The molecule has 0 radical (unpaired) electrons. The summed E-state index contributed by atoms with van der Waals surface area (Å²) in [5.74, 6) is -0.207. The molecule has 2 rings (SSSR count). The highest BCUT2D eigenvalue weighted by Gasteiger charge is 2.07. The number of ether oxygens (including phenoxy) is 2. The summed E-state index contributed by atoms with van der Waals surface area (Å²) in [5, 5.41) is 0. The van der Waals surface area contributed by atoms with E-state index in [1.165, 1.54) is 14.2 Å². The zero-order valence-electron chi connectivity index (χ0n) is 16.7. The average Bonchev–Trinajstić information content (AvgIpc) is 2.73. The Morgan fingerprint density at radius 3 is 1.48 bits per heavy atom. The molecule has 2 aliphatic rings. The van der Waals surface area contributed by atoms with E-state index in [4.69, 9.17) is 0 Å².